The zero-order chi connectivity index (χ0) is 13.8. The third kappa shape index (κ3) is 3.74. The molecule has 0 saturated heterocycles. The van der Waals surface area contributed by atoms with Crippen LogP contribution in [0.4, 0.5) is 0 Å². The highest BCUT2D eigenvalue weighted by atomic mass is 32.2. The molecule has 1 amide bonds. The van der Waals surface area contributed by atoms with Crippen molar-refractivity contribution in [2.75, 3.05) is 12.3 Å². The SMILES string of the molecule is CCNC(C)(CCSc1nc(C)c(C)o1)C(N)=O. The molecule has 0 radical (unpaired) electrons. The summed E-state index contributed by atoms with van der Waals surface area (Å²) in [6.45, 7) is 8.29. The molecule has 1 aromatic rings. The van der Waals surface area contributed by atoms with Gasteiger partial charge >= 0.3 is 0 Å². The molecule has 102 valence electrons. The quantitative estimate of drug-likeness (QED) is 0.737. The van der Waals surface area contributed by atoms with Gasteiger partial charge in [-0.25, -0.2) is 4.98 Å². The van der Waals surface area contributed by atoms with Crippen LogP contribution in [0.25, 0.3) is 0 Å². The number of carbonyl (C=O) groups excluding carboxylic acids is 1. The van der Waals surface area contributed by atoms with E-state index in [9.17, 15) is 4.79 Å². The van der Waals surface area contributed by atoms with Crippen molar-refractivity contribution >= 4 is 17.7 Å². The van der Waals surface area contributed by atoms with Gasteiger partial charge in [0.15, 0.2) is 0 Å². The Hall–Kier alpha value is -1.01. The largest absolute Gasteiger partial charge is 0.437 e. The number of primary amides is 1. The first-order chi connectivity index (χ1) is 8.39. The maximum Gasteiger partial charge on any atom is 0.256 e. The first kappa shape index (κ1) is 15.0. The maximum absolute atomic E-state index is 11.4. The van der Waals surface area contributed by atoms with Crippen LogP contribution in [0.3, 0.4) is 0 Å². The van der Waals surface area contributed by atoms with Crippen molar-refractivity contribution in [1.29, 1.82) is 0 Å². The number of carbonyl (C=O) groups is 1. The second kappa shape index (κ2) is 6.24. The number of aromatic nitrogens is 1. The zero-order valence-electron chi connectivity index (χ0n) is 11.4. The zero-order valence-corrected chi connectivity index (χ0v) is 12.2. The second-order valence-electron chi connectivity index (χ2n) is 4.45. The van der Waals surface area contributed by atoms with E-state index in [0.717, 1.165) is 17.2 Å². The molecule has 0 aromatic carbocycles. The Balaban J connectivity index is 2.51. The van der Waals surface area contributed by atoms with E-state index in [-0.39, 0.29) is 5.91 Å². The normalized spacial score (nSPS) is 14.4. The number of hydrogen-bond donors (Lipinski definition) is 2. The minimum atomic E-state index is -0.668. The molecule has 3 N–H and O–H groups in total. The molecule has 0 aliphatic heterocycles. The van der Waals surface area contributed by atoms with Crippen LogP contribution in [0, 0.1) is 13.8 Å². The van der Waals surface area contributed by atoms with Gasteiger partial charge < -0.3 is 15.5 Å². The Morgan fingerprint density at radius 2 is 2.22 bits per heavy atom. The van der Waals surface area contributed by atoms with E-state index in [4.69, 9.17) is 10.2 Å². The average Bonchev–Trinajstić information content (AvgIpc) is 2.58. The molecule has 1 atom stereocenters. The summed E-state index contributed by atoms with van der Waals surface area (Å²) in [6, 6.07) is 0. The number of hydrogen-bond acceptors (Lipinski definition) is 5. The summed E-state index contributed by atoms with van der Waals surface area (Å²) in [4.78, 5) is 15.7. The van der Waals surface area contributed by atoms with Gasteiger partial charge in [0.2, 0.25) is 5.91 Å². The van der Waals surface area contributed by atoms with Gasteiger partial charge in [-0.15, -0.1) is 0 Å². The average molecular weight is 271 g/mol. The number of nitrogens with zero attached hydrogens (tertiary/aromatic N) is 1. The monoisotopic (exact) mass is 271 g/mol. The fourth-order valence-electron chi connectivity index (χ4n) is 1.54. The smallest absolute Gasteiger partial charge is 0.256 e. The van der Waals surface area contributed by atoms with Crippen molar-refractivity contribution in [3.05, 3.63) is 11.5 Å². The Labute approximate surface area is 112 Å². The van der Waals surface area contributed by atoms with Crippen LogP contribution in [-0.4, -0.2) is 28.7 Å². The van der Waals surface area contributed by atoms with Gasteiger partial charge in [0, 0.05) is 5.75 Å². The minimum Gasteiger partial charge on any atom is -0.437 e. The van der Waals surface area contributed by atoms with E-state index in [1.54, 1.807) is 0 Å². The lowest BCUT2D eigenvalue weighted by molar-refractivity contribution is -0.123. The Kier molecular flexibility index (Phi) is 5.22. The van der Waals surface area contributed by atoms with Crippen LogP contribution in [0.2, 0.25) is 0 Å². The number of aryl methyl sites for hydroxylation is 2. The summed E-state index contributed by atoms with van der Waals surface area (Å²) >= 11 is 1.50. The number of thioether (sulfide) groups is 1. The first-order valence-electron chi connectivity index (χ1n) is 6.01. The molecule has 0 aliphatic rings. The predicted molar refractivity (Wildman–Crippen MR) is 72.6 cm³/mol. The molecule has 0 fully saturated rings. The van der Waals surface area contributed by atoms with Crippen molar-refractivity contribution in [2.24, 2.45) is 5.73 Å². The van der Waals surface area contributed by atoms with E-state index >= 15 is 0 Å². The van der Waals surface area contributed by atoms with E-state index in [1.807, 2.05) is 27.7 Å². The highest BCUT2D eigenvalue weighted by molar-refractivity contribution is 7.99. The molecule has 1 rings (SSSR count). The molecule has 1 aromatic heterocycles. The molecular formula is C12H21N3O2S. The summed E-state index contributed by atoms with van der Waals surface area (Å²) in [6.07, 6.45) is 0.640. The summed E-state index contributed by atoms with van der Waals surface area (Å²) in [5.74, 6) is 1.23. The van der Waals surface area contributed by atoms with Crippen LogP contribution in [0.15, 0.2) is 9.64 Å². The van der Waals surface area contributed by atoms with Crippen molar-refractivity contribution in [3.8, 4) is 0 Å². The minimum absolute atomic E-state index is 0.329. The third-order valence-corrected chi connectivity index (χ3v) is 3.78. The third-order valence-electron chi connectivity index (χ3n) is 2.95. The number of oxazole rings is 1. The molecule has 0 spiro atoms. The van der Waals surface area contributed by atoms with Gasteiger partial charge in [0.05, 0.1) is 11.2 Å². The summed E-state index contributed by atoms with van der Waals surface area (Å²) < 4.78 is 5.46. The molecule has 1 unspecified atom stereocenters. The van der Waals surface area contributed by atoms with Gasteiger partial charge in [-0.05, 0) is 33.7 Å². The van der Waals surface area contributed by atoms with Crippen LogP contribution in [0.1, 0.15) is 31.7 Å². The lowest BCUT2D eigenvalue weighted by Gasteiger charge is -2.26. The van der Waals surface area contributed by atoms with Gasteiger partial charge in [0.1, 0.15) is 5.76 Å². The summed E-state index contributed by atoms with van der Waals surface area (Å²) in [7, 11) is 0. The van der Waals surface area contributed by atoms with E-state index in [0.29, 0.717) is 18.2 Å². The highest BCUT2D eigenvalue weighted by Gasteiger charge is 2.29. The molecular weight excluding hydrogens is 250 g/mol. The van der Waals surface area contributed by atoms with Crippen molar-refractivity contribution in [2.45, 2.75) is 44.9 Å². The van der Waals surface area contributed by atoms with Gasteiger partial charge in [-0.3, -0.25) is 4.79 Å². The van der Waals surface area contributed by atoms with Crippen LogP contribution in [0.5, 0.6) is 0 Å². The Morgan fingerprint density at radius 1 is 1.56 bits per heavy atom. The first-order valence-corrected chi connectivity index (χ1v) is 6.99. The van der Waals surface area contributed by atoms with Gasteiger partial charge in [0.25, 0.3) is 5.22 Å². The highest BCUT2D eigenvalue weighted by Crippen LogP contribution is 2.23. The molecule has 6 heteroatoms. The lowest BCUT2D eigenvalue weighted by Crippen LogP contribution is -2.53. The van der Waals surface area contributed by atoms with Gasteiger partial charge in [-0.1, -0.05) is 18.7 Å². The molecule has 0 bridgehead atoms. The molecule has 1 heterocycles. The number of likely N-dealkylation sites (N-methyl/N-ethyl adjacent to an activating group) is 1. The van der Waals surface area contributed by atoms with Gasteiger partial charge in [-0.2, -0.15) is 0 Å². The van der Waals surface area contributed by atoms with E-state index in [2.05, 4.69) is 10.3 Å². The second-order valence-corrected chi connectivity index (χ2v) is 5.49. The molecule has 0 aliphatic carbocycles. The molecule has 0 saturated carbocycles. The van der Waals surface area contributed by atoms with E-state index in [1.165, 1.54) is 11.8 Å². The topological polar surface area (TPSA) is 81.2 Å². The van der Waals surface area contributed by atoms with Crippen molar-refractivity contribution < 1.29 is 9.21 Å². The number of nitrogens with one attached hydrogen (secondary N) is 1. The van der Waals surface area contributed by atoms with Crippen LogP contribution < -0.4 is 11.1 Å². The van der Waals surface area contributed by atoms with Crippen LogP contribution in [-0.2, 0) is 4.79 Å². The predicted octanol–water partition coefficient (Wildman–Crippen LogP) is 1.63. The molecule has 18 heavy (non-hydrogen) atoms. The number of nitrogens with two attached hydrogens (primary N) is 1. The fraction of sp³-hybridized carbons (Fsp3) is 0.667. The fourth-order valence-corrected chi connectivity index (χ4v) is 2.61. The number of rotatable bonds is 7. The Bertz CT molecular complexity index is 400. The standard InChI is InChI=1S/C12H21N3O2S/c1-5-14-12(4,10(13)16)6-7-18-11-15-8(2)9(3)17-11/h14H,5-7H2,1-4H3,(H2,13,16). The van der Waals surface area contributed by atoms with E-state index < -0.39 is 5.54 Å². The molecule has 5 nitrogen and oxygen atoms in total. The summed E-state index contributed by atoms with van der Waals surface area (Å²) in [5.41, 5.74) is 5.65. The maximum atomic E-state index is 11.4. The van der Waals surface area contributed by atoms with Crippen LogP contribution >= 0.6 is 11.8 Å². The van der Waals surface area contributed by atoms with Crippen molar-refractivity contribution in [1.82, 2.24) is 10.3 Å². The number of amides is 1. The lowest BCUT2D eigenvalue weighted by atomic mass is 9.98. The Morgan fingerprint density at radius 3 is 2.67 bits per heavy atom. The summed E-state index contributed by atoms with van der Waals surface area (Å²) in [5, 5.41) is 3.77. The van der Waals surface area contributed by atoms with Crippen molar-refractivity contribution in [3.63, 3.8) is 0 Å².